The number of thioether (sulfide) groups is 1. The molecule has 0 bridgehead atoms. The molecule has 1 aliphatic heterocycles. The average Bonchev–Trinajstić information content (AvgIpc) is 3.43. The Hall–Kier alpha value is -2.69. The van der Waals surface area contributed by atoms with E-state index in [0.29, 0.717) is 32.2 Å². The van der Waals surface area contributed by atoms with E-state index in [1.54, 1.807) is 4.68 Å². The number of fused-ring (bicyclic) bond motifs is 1. The molecule has 2 aromatic carbocycles. The maximum Gasteiger partial charge on any atom is 0.239 e. The highest BCUT2D eigenvalue weighted by atomic mass is 35.5. The van der Waals surface area contributed by atoms with Crippen LogP contribution in [0.3, 0.4) is 0 Å². The van der Waals surface area contributed by atoms with Crippen LogP contribution in [-0.2, 0) is 4.79 Å². The molecule has 0 saturated carbocycles. The van der Waals surface area contributed by atoms with E-state index in [1.165, 1.54) is 35.2 Å². The molecule has 0 saturated heterocycles. The first-order valence-electron chi connectivity index (χ1n) is 10.4. The Morgan fingerprint density at radius 2 is 1.92 bits per heavy atom. The van der Waals surface area contributed by atoms with Crippen LogP contribution >= 0.6 is 57.9 Å². The third-order valence-electron chi connectivity index (χ3n) is 5.11. The van der Waals surface area contributed by atoms with Gasteiger partial charge in [0, 0.05) is 10.5 Å². The monoisotopic (exact) mass is 577 g/mol. The van der Waals surface area contributed by atoms with Gasteiger partial charge in [0.2, 0.25) is 11.1 Å². The third-order valence-corrected chi connectivity index (χ3v) is 8.08. The molecule has 1 N–H and O–H groups in total. The highest BCUT2D eigenvalue weighted by Gasteiger charge is 2.28. The molecule has 6 nitrogen and oxygen atoms in total. The summed E-state index contributed by atoms with van der Waals surface area (Å²) in [5.41, 5.74) is 2.64. The van der Waals surface area contributed by atoms with Gasteiger partial charge in [0.05, 0.1) is 19.9 Å². The summed E-state index contributed by atoms with van der Waals surface area (Å²) in [6.45, 7) is 1.90. The first kappa shape index (κ1) is 25.0. The van der Waals surface area contributed by atoms with Crippen molar-refractivity contribution in [3.8, 4) is 10.7 Å². The van der Waals surface area contributed by atoms with Crippen molar-refractivity contribution < 1.29 is 9.18 Å². The SMILES string of the molecule is Cc1cc(NC(=O)CCl)sc1-c1nnc2n1N=C(c1cc(F)c(Cl)cc1Cl)/C(=C/c1ccccc1)S2. The number of allylic oxidation sites excluding steroid dienone is 1. The number of aromatic nitrogens is 3. The lowest BCUT2D eigenvalue weighted by Crippen LogP contribution is -2.13. The van der Waals surface area contributed by atoms with E-state index in [2.05, 4.69) is 15.5 Å². The molecule has 182 valence electrons. The molecule has 4 aromatic rings. The highest BCUT2D eigenvalue weighted by Crippen LogP contribution is 2.41. The van der Waals surface area contributed by atoms with Crippen molar-refractivity contribution in [2.24, 2.45) is 5.10 Å². The summed E-state index contributed by atoms with van der Waals surface area (Å²) < 4.78 is 16.1. The highest BCUT2D eigenvalue weighted by molar-refractivity contribution is 8.04. The Morgan fingerprint density at radius 3 is 2.67 bits per heavy atom. The number of amides is 1. The van der Waals surface area contributed by atoms with Crippen molar-refractivity contribution in [1.82, 2.24) is 14.9 Å². The van der Waals surface area contributed by atoms with Crippen LogP contribution in [0.25, 0.3) is 16.8 Å². The molecule has 0 atom stereocenters. The summed E-state index contributed by atoms with van der Waals surface area (Å²) in [5, 5.41) is 17.6. The van der Waals surface area contributed by atoms with Crippen molar-refractivity contribution >= 4 is 80.6 Å². The first-order valence-corrected chi connectivity index (χ1v) is 13.4. The van der Waals surface area contributed by atoms with Gasteiger partial charge in [-0.25, -0.2) is 4.39 Å². The van der Waals surface area contributed by atoms with Gasteiger partial charge in [-0.3, -0.25) is 4.79 Å². The van der Waals surface area contributed by atoms with Crippen LogP contribution in [0.5, 0.6) is 0 Å². The number of anilines is 1. The predicted molar refractivity (Wildman–Crippen MR) is 146 cm³/mol. The number of aryl methyl sites for hydroxylation is 1. The molecule has 36 heavy (non-hydrogen) atoms. The minimum atomic E-state index is -0.605. The summed E-state index contributed by atoms with van der Waals surface area (Å²) in [6.07, 6.45) is 1.93. The van der Waals surface area contributed by atoms with Gasteiger partial charge in [0.15, 0.2) is 5.82 Å². The maximum atomic E-state index is 14.5. The Balaban J connectivity index is 1.66. The zero-order valence-corrected chi connectivity index (χ0v) is 22.3. The molecule has 1 aliphatic rings. The number of nitrogens with one attached hydrogen (secondary N) is 1. The Labute approximate surface area is 228 Å². The van der Waals surface area contributed by atoms with E-state index in [-0.39, 0.29) is 21.8 Å². The summed E-state index contributed by atoms with van der Waals surface area (Å²) in [4.78, 5) is 13.2. The van der Waals surface area contributed by atoms with E-state index >= 15 is 0 Å². The van der Waals surface area contributed by atoms with Crippen LogP contribution in [0.1, 0.15) is 16.7 Å². The molecule has 0 unspecified atom stereocenters. The number of hydrogen-bond acceptors (Lipinski definition) is 6. The Kier molecular flexibility index (Phi) is 7.18. The number of carbonyl (C=O) groups is 1. The van der Waals surface area contributed by atoms with Gasteiger partial charge in [0.25, 0.3) is 0 Å². The molecule has 12 heteroatoms. The number of rotatable bonds is 5. The number of thiophene rings is 1. The smallest absolute Gasteiger partial charge is 0.239 e. The number of carbonyl (C=O) groups excluding carboxylic acids is 1. The van der Waals surface area contributed by atoms with Crippen molar-refractivity contribution in [2.75, 3.05) is 11.2 Å². The van der Waals surface area contributed by atoms with E-state index in [4.69, 9.17) is 39.9 Å². The number of nitrogens with zero attached hydrogens (tertiary/aromatic N) is 4. The van der Waals surface area contributed by atoms with Crippen molar-refractivity contribution in [3.05, 3.63) is 86.0 Å². The molecule has 5 rings (SSSR count). The lowest BCUT2D eigenvalue weighted by molar-refractivity contribution is -0.113. The second-order valence-electron chi connectivity index (χ2n) is 7.64. The van der Waals surface area contributed by atoms with Gasteiger partial charge in [-0.15, -0.1) is 33.1 Å². The van der Waals surface area contributed by atoms with Gasteiger partial charge in [-0.05, 0) is 54.1 Å². The lowest BCUT2D eigenvalue weighted by Gasteiger charge is -2.18. The van der Waals surface area contributed by atoms with E-state index in [0.717, 1.165) is 16.0 Å². The molecule has 0 aliphatic carbocycles. The molecular weight excluding hydrogens is 564 g/mol. The maximum absolute atomic E-state index is 14.5. The second kappa shape index (κ2) is 10.4. The minimum absolute atomic E-state index is 0.0761. The van der Waals surface area contributed by atoms with Crippen molar-refractivity contribution in [1.29, 1.82) is 0 Å². The van der Waals surface area contributed by atoms with Crippen LogP contribution in [0.2, 0.25) is 10.0 Å². The summed E-state index contributed by atoms with van der Waals surface area (Å²) in [7, 11) is 0. The Morgan fingerprint density at radius 1 is 1.14 bits per heavy atom. The lowest BCUT2D eigenvalue weighted by atomic mass is 10.1. The molecule has 0 spiro atoms. The number of halogens is 4. The molecule has 1 amide bonds. The van der Waals surface area contributed by atoms with Crippen LogP contribution in [0, 0.1) is 12.7 Å². The van der Waals surface area contributed by atoms with Crippen LogP contribution in [0.15, 0.2) is 63.7 Å². The fourth-order valence-corrected chi connectivity index (χ4v) is 6.02. The molecule has 2 aromatic heterocycles. The zero-order chi connectivity index (χ0) is 25.4. The second-order valence-corrected chi connectivity index (χ2v) is 10.8. The van der Waals surface area contributed by atoms with E-state index < -0.39 is 5.82 Å². The van der Waals surface area contributed by atoms with Gasteiger partial charge in [-0.2, -0.15) is 9.78 Å². The predicted octanol–water partition coefficient (Wildman–Crippen LogP) is 7.34. The number of benzene rings is 2. The zero-order valence-electron chi connectivity index (χ0n) is 18.4. The third kappa shape index (κ3) is 4.94. The van der Waals surface area contributed by atoms with Crippen LogP contribution < -0.4 is 5.32 Å². The number of alkyl halides is 1. The van der Waals surface area contributed by atoms with E-state index in [1.807, 2.05) is 49.4 Å². The average molecular weight is 579 g/mol. The van der Waals surface area contributed by atoms with Gasteiger partial charge < -0.3 is 5.32 Å². The molecular formula is C24H15Cl3FN5OS2. The topological polar surface area (TPSA) is 72.2 Å². The fourth-order valence-electron chi connectivity index (χ4n) is 3.48. The van der Waals surface area contributed by atoms with Gasteiger partial charge in [-0.1, -0.05) is 53.5 Å². The quantitative estimate of drug-likeness (QED) is 0.199. The van der Waals surface area contributed by atoms with Crippen molar-refractivity contribution in [3.63, 3.8) is 0 Å². The standard InChI is InChI=1S/C24H15Cl3FN5OS2/c1-12-7-20(29-19(34)11-25)36-22(12)23-30-31-24-33(23)32-21(14-9-17(28)16(27)10-15(14)26)18(35-24)8-13-5-3-2-4-6-13/h2-10H,11H2,1H3,(H,29,34)/b18-8-. The van der Waals surface area contributed by atoms with E-state index in [9.17, 15) is 9.18 Å². The number of hydrogen-bond donors (Lipinski definition) is 1. The summed E-state index contributed by atoms with van der Waals surface area (Å²) in [5.74, 6) is -0.579. The Bertz CT molecular complexity index is 1550. The van der Waals surface area contributed by atoms with Crippen LogP contribution in [-0.4, -0.2) is 32.4 Å². The van der Waals surface area contributed by atoms with Gasteiger partial charge in [0.1, 0.15) is 17.4 Å². The van der Waals surface area contributed by atoms with Gasteiger partial charge >= 0.3 is 0 Å². The van der Waals surface area contributed by atoms with Crippen molar-refractivity contribution in [2.45, 2.75) is 12.1 Å². The molecule has 3 heterocycles. The van der Waals surface area contributed by atoms with Crippen LogP contribution in [0.4, 0.5) is 9.39 Å². The normalized spacial score (nSPS) is 14.0. The largest absolute Gasteiger partial charge is 0.317 e. The minimum Gasteiger partial charge on any atom is -0.317 e. The summed E-state index contributed by atoms with van der Waals surface area (Å²) >= 11 is 20.7. The first-order chi connectivity index (χ1) is 17.3. The fraction of sp³-hybridized carbons (Fsp3) is 0.0833. The summed E-state index contributed by atoms with van der Waals surface area (Å²) in [6, 6.07) is 14.1. The molecule has 0 fully saturated rings. The molecule has 0 radical (unpaired) electrons.